The number of pyridine rings is 2. The number of nitrogens with zero attached hydrogens (tertiary/aromatic N) is 5. The van der Waals surface area contributed by atoms with E-state index in [1.54, 1.807) is 6.92 Å². The van der Waals surface area contributed by atoms with Gasteiger partial charge < -0.3 is 14.4 Å². The number of nitriles is 1. The Kier molecular flexibility index (Phi) is 5.28. The minimum atomic E-state index is -0.678. The number of ether oxygens (including phenoxy) is 2. The topological polar surface area (TPSA) is 91.6 Å². The number of amides is 1. The fraction of sp³-hybridized carbons (Fsp3) is 0.583. The number of anilines is 1. The lowest BCUT2D eigenvalue weighted by molar-refractivity contribution is 0.000955. The summed E-state index contributed by atoms with van der Waals surface area (Å²) in [5.74, 6) is 0.0782. The first-order valence-electron chi connectivity index (χ1n) is 11.5. The summed E-state index contributed by atoms with van der Waals surface area (Å²) in [6, 6.07) is 1.64. The van der Waals surface area contributed by atoms with Crippen LogP contribution in [0, 0.1) is 24.1 Å². The summed E-state index contributed by atoms with van der Waals surface area (Å²) < 4.78 is 27.4. The van der Waals surface area contributed by atoms with Gasteiger partial charge in [0.2, 0.25) is 5.88 Å². The van der Waals surface area contributed by atoms with E-state index < -0.39 is 11.4 Å². The zero-order valence-corrected chi connectivity index (χ0v) is 20.6. The maximum atomic E-state index is 15.4. The van der Waals surface area contributed by atoms with Crippen molar-refractivity contribution in [2.45, 2.75) is 83.7 Å². The van der Waals surface area contributed by atoms with Crippen molar-refractivity contribution in [2.24, 2.45) is 0 Å². The molecule has 5 rings (SSSR count). The lowest BCUT2D eigenvalue weighted by Crippen LogP contribution is -2.65. The number of hydrogen-bond donors (Lipinski definition) is 0. The second kappa shape index (κ2) is 7.84. The van der Waals surface area contributed by atoms with E-state index in [4.69, 9.17) is 26.1 Å². The van der Waals surface area contributed by atoms with Crippen LogP contribution in [-0.4, -0.2) is 57.3 Å². The van der Waals surface area contributed by atoms with E-state index in [1.165, 1.54) is 0 Å². The van der Waals surface area contributed by atoms with Crippen molar-refractivity contribution in [1.29, 1.82) is 5.26 Å². The van der Waals surface area contributed by atoms with Gasteiger partial charge in [0.1, 0.15) is 17.5 Å². The Hall–Kier alpha value is -2.86. The first-order valence-corrected chi connectivity index (χ1v) is 11.9. The van der Waals surface area contributed by atoms with Crippen molar-refractivity contribution in [3.05, 3.63) is 22.2 Å². The molecule has 0 saturated carbocycles. The first-order chi connectivity index (χ1) is 16.0. The average molecular weight is 488 g/mol. The van der Waals surface area contributed by atoms with Gasteiger partial charge in [-0.15, -0.1) is 0 Å². The molecule has 0 N–H and O–H groups in total. The van der Waals surface area contributed by atoms with Crippen molar-refractivity contribution in [1.82, 2.24) is 14.9 Å². The van der Waals surface area contributed by atoms with E-state index in [1.807, 2.05) is 32.6 Å². The number of piperazine rings is 1. The van der Waals surface area contributed by atoms with Gasteiger partial charge >= 0.3 is 6.09 Å². The zero-order valence-electron chi connectivity index (χ0n) is 19.9. The molecule has 34 heavy (non-hydrogen) atoms. The number of aromatic nitrogens is 2. The molecule has 2 aromatic rings. The van der Waals surface area contributed by atoms with Crippen LogP contribution < -0.4 is 9.64 Å². The summed E-state index contributed by atoms with van der Waals surface area (Å²) in [6.45, 7) is 9.76. The molecule has 0 unspecified atom stereocenters. The molecule has 3 aliphatic heterocycles. The summed E-state index contributed by atoms with van der Waals surface area (Å²) >= 11 is 6.16. The second-order valence-electron chi connectivity index (χ2n) is 10.3. The lowest BCUT2D eigenvalue weighted by atomic mass is 9.97. The molecule has 5 heterocycles. The molecule has 8 nitrogen and oxygen atoms in total. The predicted molar refractivity (Wildman–Crippen MR) is 125 cm³/mol. The van der Waals surface area contributed by atoms with Gasteiger partial charge in [-0.1, -0.05) is 11.6 Å². The van der Waals surface area contributed by atoms with Gasteiger partial charge in [0.25, 0.3) is 0 Å². The monoisotopic (exact) mass is 487 g/mol. The van der Waals surface area contributed by atoms with Gasteiger partial charge in [-0.2, -0.15) is 10.2 Å². The van der Waals surface area contributed by atoms with E-state index in [2.05, 4.69) is 16.0 Å². The summed E-state index contributed by atoms with van der Waals surface area (Å²) in [4.78, 5) is 26.1. The maximum absolute atomic E-state index is 15.4. The fourth-order valence-electron chi connectivity index (χ4n) is 5.68. The number of hydrogen-bond acceptors (Lipinski definition) is 7. The van der Waals surface area contributed by atoms with Crippen molar-refractivity contribution >= 4 is 34.3 Å². The number of carbonyl (C=O) groups excluding carboxylic acids is 1. The van der Waals surface area contributed by atoms with Crippen LogP contribution in [0.25, 0.3) is 10.8 Å². The summed E-state index contributed by atoms with van der Waals surface area (Å²) in [5.41, 5.74) is 0.440. The van der Waals surface area contributed by atoms with Crippen LogP contribution in [0.3, 0.4) is 0 Å². The van der Waals surface area contributed by atoms with E-state index >= 15 is 4.39 Å². The fourth-order valence-corrected chi connectivity index (χ4v) is 5.85. The highest BCUT2D eigenvalue weighted by atomic mass is 35.5. The smallest absolute Gasteiger partial charge is 0.410 e. The molecule has 0 radical (unpaired) electrons. The minimum absolute atomic E-state index is 0.0109. The summed E-state index contributed by atoms with van der Waals surface area (Å²) in [7, 11) is 0. The van der Waals surface area contributed by atoms with Crippen LogP contribution in [0.1, 0.15) is 51.8 Å². The molecule has 1 amide bonds. The normalized spacial score (nSPS) is 25.5. The molecule has 0 aromatic carbocycles. The van der Waals surface area contributed by atoms with Gasteiger partial charge in [-0.3, -0.25) is 4.90 Å². The van der Waals surface area contributed by atoms with Crippen molar-refractivity contribution in [2.75, 3.05) is 11.4 Å². The highest BCUT2D eigenvalue weighted by Crippen LogP contribution is 2.47. The molecule has 2 fully saturated rings. The number of halogens is 2. The van der Waals surface area contributed by atoms with E-state index in [0.29, 0.717) is 29.0 Å². The molecule has 0 spiro atoms. The van der Waals surface area contributed by atoms with Gasteiger partial charge in [0.15, 0.2) is 11.0 Å². The van der Waals surface area contributed by atoms with Crippen molar-refractivity contribution < 1.29 is 18.7 Å². The van der Waals surface area contributed by atoms with E-state index in [0.717, 1.165) is 12.8 Å². The minimum Gasteiger partial charge on any atom is -0.472 e. The van der Waals surface area contributed by atoms with Crippen LogP contribution >= 0.6 is 11.6 Å². The Labute approximate surface area is 202 Å². The summed E-state index contributed by atoms with van der Waals surface area (Å²) in [5, 5.41) is 9.71. The van der Waals surface area contributed by atoms with Crippen LogP contribution in [-0.2, 0) is 11.2 Å². The molecule has 0 aliphatic carbocycles. The Bertz CT molecular complexity index is 1240. The Balaban J connectivity index is 1.67. The van der Waals surface area contributed by atoms with E-state index in [-0.39, 0.29) is 53.2 Å². The number of fused-ring (bicyclic) bond motifs is 5. The highest BCUT2D eigenvalue weighted by Gasteiger charge is 2.53. The average Bonchev–Trinajstić information content (AvgIpc) is 2.99. The molecule has 4 atom stereocenters. The molecular formula is C24H27ClFN5O3. The maximum Gasteiger partial charge on any atom is 0.410 e. The predicted octanol–water partition coefficient (Wildman–Crippen LogP) is 4.53. The van der Waals surface area contributed by atoms with Crippen molar-refractivity contribution in [3.63, 3.8) is 0 Å². The van der Waals surface area contributed by atoms with E-state index in [9.17, 15) is 10.1 Å². The number of carbonyl (C=O) groups is 1. The first kappa shape index (κ1) is 22.9. The number of rotatable bonds is 1. The van der Waals surface area contributed by atoms with Gasteiger partial charge in [0.05, 0.1) is 36.0 Å². The molecule has 2 aromatic heterocycles. The standard InChI is InChI=1S/C24H27ClFN5O3/c1-11-14(8-9-27)16-17-21(28-11)30-10-13-6-7-15(31(13)23(32)34-24(3,4)5)19(30)12(2)33-22(17)29-20(25)18(16)26/h12-13,15,19H,6-8,10H2,1-5H3/t12-,13+,15-,19+/m0/s1. The van der Waals surface area contributed by atoms with Gasteiger partial charge in [-0.25, -0.2) is 14.2 Å². The van der Waals surface area contributed by atoms with Gasteiger partial charge in [-0.05, 0) is 53.0 Å². The van der Waals surface area contributed by atoms with Crippen LogP contribution in [0.5, 0.6) is 5.88 Å². The largest absolute Gasteiger partial charge is 0.472 e. The zero-order chi connectivity index (χ0) is 24.5. The van der Waals surface area contributed by atoms with Crippen molar-refractivity contribution in [3.8, 4) is 11.9 Å². The molecule has 10 heteroatoms. The third-order valence-electron chi connectivity index (χ3n) is 6.92. The third kappa shape index (κ3) is 3.42. The second-order valence-corrected chi connectivity index (χ2v) is 10.6. The van der Waals surface area contributed by atoms with Crippen LogP contribution in [0.15, 0.2) is 0 Å². The number of aryl methyl sites for hydroxylation is 1. The molecular weight excluding hydrogens is 461 g/mol. The van der Waals surface area contributed by atoms with Crippen LogP contribution in [0.2, 0.25) is 5.15 Å². The summed E-state index contributed by atoms with van der Waals surface area (Å²) in [6.07, 6.45) is 0.896. The quantitative estimate of drug-likeness (QED) is 0.545. The molecule has 2 saturated heterocycles. The SMILES string of the molecule is Cc1nc2c3c(nc(Cl)c(F)c3c1CC#N)O[C@@H](C)[C@@H]1[C@@H]3CC[C@H](CN21)N3C(=O)OC(C)(C)C. The van der Waals surface area contributed by atoms with Gasteiger partial charge in [0, 0.05) is 17.6 Å². The van der Waals surface area contributed by atoms with Crippen LogP contribution in [0.4, 0.5) is 15.0 Å². The third-order valence-corrected chi connectivity index (χ3v) is 7.17. The molecule has 3 aliphatic rings. The lowest BCUT2D eigenvalue weighted by Gasteiger charge is -2.48. The molecule has 180 valence electrons. The Morgan fingerprint density at radius 2 is 2.06 bits per heavy atom. The Morgan fingerprint density at radius 3 is 2.74 bits per heavy atom. The highest BCUT2D eigenvalue weighted by molar-refractivity contribution is 6.30. The Morgan fingerprint density at radius 1 is 1.32 bits per heavy atom. The molecule has 2 bridgehead atoms.